The maximum absolute atomic E-state index is 12.5. The van der Waals surface area contributed by atoms with Gasteiger partial charge in [0.2, 0.25) is 5.91 Å². The molecule has 2 N–H and O–H groups in total. The molecule has 0 aromatic heterocycles. The number of nitrogens with one attached hydrogen (secondary N) is 2. The lowest BCUT2D eigenvalue weighted by atomic mass is 10.1. The third-order valence-electron chi connectivity index (χ3n) is 4.04. The summed E-state index contributed by atoms with van der Waals surface area (Å²) in [5.74, 6) is 0.512. The summed E-state index contributed by atoms with van der Waals surface area (Å²) < 4.78 is 0. The zero-order chi connectivity index (χ0) is 17.0. The van der Waals surface area contributed by atoms with Crippen molar-refractivity contribution in [2.45, 2.75) is 46.6 Å². The van der Waals surface area contributed by atoms with Crippen molar-refractivity contribution in [3.8, 4) is 0 Å². The molecule has 1 atom stereocenters. The first-order chi connectivity index (χ1) is 10.9. The molecular weight excluding hydrogens is 290 g/mol. The first-order valence-electron chi connectivity index (χ1n) is 8.31. The number of rotatable bonds is 5. The fourth-order valence-electron chi connectivity index (χ4n) is 2.86. The molecule has 0 radical (unpaired) electrons. The molecule has 126 valence electrons. The van der Waals surface area contributed by atoms with Crippen molar-refractivity contribution in [3.05, 3.63) is 29.3 Å². The average Bonchev–Trinajstić information content (AvgIpc) is 2.78. The number of hydrogen-bond acceptors (Lipinski definition) is 2. The van der Waals surface area contributed by atoms with Gasteiger partial charge in [-0.2, -0.15) is 0 Å². The number of benzene rings is 1. The van der Waals surface area contributed by atoms with Crippen LogP contribution in [0.5, 0.6) is 0 Å². The first kappa shape index (κ1) is 17.3. The monoisotopic (exact) mass is 317 g/mol. The number of carbonyl (C=O) groups excluding carboxylic acids is 2. The van der Waals surface area contributed by atoms with E-state index < -0.39 is 6.04 Å². The van der Waals surface area contributed by atoms with E-state index in [1.807, 2.05) is 26.0 Å². The second-order valence-corrected chi connectivity index (χ2v) is 6.76. The Morgan fingerprint density at radius 1 is 1.26 bits per heavy atom. The Morgan fingerprint density at radius 2 is 1.91 bits per heavy atom. The minimum absolute atomic E-state index is 0.0333. The number of carbonyl (C=O) groups is 2. The van der Waals surface area contributed by atoms with Crippen molar-refractivity contribution in [2.24, 2.45) is 5.92 Å². The van der Waals surface area contributed by atoms with Gasteiger partial charge in [0, 0.05) is 18.8 Å². The number of aryl methyl sites for hydroxylation is 2. The second-order valence-electron chi connectivity index (χ2n) is 6.76. The Balaban J connectivity index is 1.92. The Bertz CT molecular complexity index is 563. The first-order valence-corrected chi connectivity index (χ1v) is 8.31. The van der Waals surface area contributed by atoms with Crippen LogP contribution in [-0.2, 0) is 4.79 Å². The van der Waals surface area contributed by atoms with E-state index in [9.17, 15) is 9.59 Å². The van der Waals surface area contributed by atoms with Gasteiger partial charge in [-0.25, -0.2) is 4.79 Å². The van der Waals surface area contributed by atoms with E-state index in [4.69, 9.17) is 0 Å². The number of anilines is 1. The van der Waals surface area contributed by atoms with Crippen LogP contribution in [0.4, 0.5) is 10.5 Å². The summed E-state index contributed by atoms with van der Waals surface area (Å²) in [6.07, 6.45) is 1.57. The molecule has 1 heterocycles. The standard InChI is InChI=1S/C18H27N3O2/c1-12(2)5-7-19-18(23)20-16-6-8-21(17(16)22)15-10-13(3)9-14(4)11-15/h9-12,16H,5-8H2,1-4H3,(H2,19,20,23)/t16-/m0/s1. The normalized spacial score (nSPS) is 17.7. The minimum Gasteiger partial charge on any atom is -0.338 e. The molecule has 1 aromatic rings. The Kier molecular flexibility index (Phi) is 5.64. The predicted molar refractivity (Wildman–Crippen MR) is 92.7 cm³/mol. The molecule has 1 saturated heterocycles. The third kappa shape index (κ3) is 4.71. The predicted octanol–water partition coefficient (Wildman–Crippen LogP) is 2.75. The van der Waals surface area contributed by atoms with Crippen LogP contribution in [-0.4, -0.2) is 31.1 Å². The van der Waals surface area contributed by atoms with Crippen LogP contribution in [0, 0.1) is 19.8 Å². The topological polar surface area (TPSA) is 61.4 Å². The van der Waals surface area contributed by atoms with Crippen molar-refractivity contribution in [2.75, 3.05) is 18.0 Å². The molecule has 1 fully saturated rings. The summed E-state index contributed by atoms with van der Waals surface area (Å²) in [5.41, 5.74) is 3.18. The van der Waals surface area contributed by atoms with Crippen LogP contribution in [0.25, 0.3) is 0 Å². The largest absolute Gasteiger partial charge is 0.338 e. The van der Waals surface area contributed by atoms with Gasteiger partial charge in [0.1, 0.15) is 6.04 Å². The van der Waals surface area contributed by atoms with Gasteiger partial charge in [-0.3, -0.25) is 4.79 Å². The smallest absolute Gasteiger partial charge is 0.315 e. The molecule has 0 bridgehead atoms. The van der Waals surface area contributed by atoms with E-state index in [0.29, 0.717) is 25.4 Å². The van der Waals surface area contributed by atoms with Crippen molar-refractivity contribution in [1.29, 1.82) is 0 Å². The van der Waals surface area contributed by atoms with Crippen LogP contribution in [0.15, 0.2) is 18.2 Å². The fraction of sp³-hybridized carbons (Fsp3) is 0.556. The lowest BCUT2D eigenvalue weighted by Gasteiger charge is -2.18. The van der Waals surface area contributed by atoms with Crippen LogP contribution >= 0.6 is 0 Å². The molecule has 0 unspecified atom stereocenters. The molecule has 0 spiro atoms. The molecule has 0 saturated carbocycles. The van der Waals surface area contributed by atoms with E-state index in [-0.39, 0.29) is 11.9 Å². The molecule has 1 aromatic carbocycles. The van der Waals surface area contributed by atoms with Crippen molar-refractivity contribution in [1.82, 2.24) is 10.6 Å². The van der Waals surface area contributed by atoms with Crippen LogP contribution in [0.2, 0.25) is 0 Å². The Hall–Kier alpha value is -2.04. The molecule has 23 heavy (non-hydrogen) atoms. The SMILES string of the molecule is Cc1cc(C)cc(N2CC[C@H](NC(=O)NCCC(C)C)C2=O)c1. The van der Waals surface area contributed by atoms with Gasteiger partial charge in [-0.05, 0) is 55.9 Å². The van der Waals surface area contributed by atoms with Gasteiger partial charge < -0.3 is 15.5 Å². The van der Waals surface area contributed by atoms with Crippen molar-refractivity contribution < 1.29 is 9.59 Å². The molecule has 1 aliphatic heterocycles. The molecule has 2 rings (SSSR count). The lowest BCUT2D eigenvalue weighted by molar-refractivity contribution is -0.118. The van der Waals surface area contributed by atoms with E-state index >= 15 is 0 Å². The van der Waals surface area contributed by atoms with Crippen LogP contribution < -0.4 is 15.5 Å². The van der Waals surface area contributed by atoms with Crippen molar-refractivity contribution in [3.63, 3.8) is 0 Å². The highest BCUT2D eigenvalue weighted by Crippen LogP contribution is 2.24. The maximum atomic E-state index is 12.5. The van der Waals surface area contributed by atoms with E-state index in [1.54, 1.807) is 4.90 Å². The molecule has 1 aliphatic rings. The quantitative estimate of drug-likeness (QED) is 0.877. The van der Waals surface area contributed by atoms with Crippen LogP contribution in [0.1, 0.15) is 37.8 Å². The van der Waals surface area contributed by atoms with E-state index in [2.05, 4.69) is 30.5 Å². The molecule has 3 amide bonds. The number of hydrogen-bond donors (Lipinski definition) is 2. The van der Waals surface area contributed by atoms with Gasteiger partial charge in [0.15, 0.2) is 0 Å². The second kappa shape index (κ2) is 7.49. The van der Waals surface area contributed by atoms with Gasteiger partial charge in [-0.1, -0.05) is 19.9 Å². The van der Waals surface area contributed by atoms with Crippen molar-refractivity contribution >= 4 is 17.6 Å². The van der Waals surface area contributed by atoms with Gasteiger partial charge in [0.05, 0.1) is 0 Å². The Labute approximate surface area is 138 Å². The maximum Gasteiger partial charge on any atom is 0.315 e. The summed E-state index contributed by atoms with van der Waals surface area (Å²) in [6, 6.07) is 5.41. The highest BCUT2D eigenvalue weighted by atomic mass is 16.2. The highest BCUT2D eigenvalue weighted by molar-refractivity contribution is 6.01. The summed E-state index contributed by atoms with van der Waals surface area (Å²) in [4.78, 5) is 26.2. The summed E-state index contributed by atoms with van der Waals surface area (Å²) >= 11 is 0. The minimum atomic E-state index is -0.435. The fourth-order valence-corrected chi connectivity index (χ4v) is 2.86. The summed E-state index contributed by atoms with van der Waals surface area (Å²) in [6.45, 7) is 9.54. The van der Waals surface area contributed by atoms with Gasteiger partial charge >= 0.3 is 6.03 Å². The Morgan fingerprint density at radius 3 is 2.52 bits per heavy atom. The molecule has 0 aliphatic carbocycles. The zero-order valence-electron chi connectivity index (χ0n) is 14.5. The average molecular weight is 317 g/mol. The number of urea groups is 1. The number of nitrogens with zero attached hydrogens (tertiary/aromatic N) is 1. The van der Waals surface area contributed by atoms with Gasteiger partial charge in [-0.15, -0.1) is 0 Å². The van der Waals surface area contributed by atoms with Gasteiger partial charge in [0.25, 0.3) is 0 Å². The third-order valence-corrected chi connectivity index (χ3v) is 4.04. The zero-order valence-corrected chi connectivity index (χ0v) is 14.5. The number of amides is 3. The van der Waals surface area contributed by atoms with E-state index in [0.717, 1.165) is 23.2 Å². The lowest BCUT2D eigenvalue weighted by Crippen LogP contribution is -2.46. The molecule has 5 nitrogen and oxygen atoms in total. The van der Waals surface area contributed by atoms with E-state index in [1.165, 1.54) is 0 Å². The molecule has 5 heteroatoms. The highest BCUT2D eigenvalue weighted by Gasteiger charge is 2.33. The van der Waals surface area contributed by atoms with Crippen LogP contribution in [0.3, 0.4) is 0 Å². The summed E-state index contributed by atoms with van der Waals surface area (Å²) in [7, 11) is 0. The molecular formula is C18H27N3O2. The summed E-state index contributed by atoms with van der Waals surface area (Å²) in [5, 5.41) is 5.60.